The van der Waals surface area contributed by atoms with Crippen molar-refractivity contribution in [3.63, 3.8) is 0 Å². The summed E-state index contributed by atoms with van der Waals surface area (Å²) in [6, 6.07) is 6.25. The average molecular weight is 332 g/mol. The molecule has 0 aliphatic rings. The lowest BCUT2D eigenvalue weighted by atomic mass is 10.4. The first kappa shape index (κ1) is 17.0. The van der Waals surface area contributed by atoms with Crippen LogP contribution in [0.5, 0.6) is 5.88 Å². The Hall–Kier alpha value is -3.36. The summed E-state index contributed by atoms with van der Waals surface area (Å²) in [5.74, 6) is -0.907. The van der Waals surface area contributed by atoms with Gasteiger partial charge in [0.25, 0.3) is 5.91 Å². The van der Waals surface area contributed by atoms with Gasteiger partial charge in [-0.15, -0.1) is 0 Å². The van der Waals surface area contributed by atoms with Gasteiger partial charge in [-0.05, 0) is 18.2 Å². The Balaban J connectivity index is 1.68. The van der Waals surface area contributed by atoms with E-state index in [4.69, 9.17) is 9.15 Å². The topological polar surface area (TPSA) is 123 Å². The lowest BCUT2D eigenvalue weighted by Crippen LogP contribution is -2.40. The molecule has 0 bridgehead atoms. The quantitative estimate of drug-likeness (QED) is 0.664. The third-order valence-corrected chi connectivity index (χ3v) is 2.83. The van der Waals surface area contributed by atoms with E-state index in [1.165, 1.54) is 25.6 Å². The number of hydrogen-bond acceptors (Lipinski definition) is 6. The van der Waals surface area contributed by atoms with Crippen molar-refractivity contribution in [2.24, 2.45) is 0 Å². The fourth-order valence-electron chi connectivity index (χ4n) is 1.68. The Morgan fingerprint density at radius 1 is 1.12 bits per heavy atom. The first-order valence-corrected chi connectivity index (χ1v) is 6.97. The summed E-state index contributed by atoms with van der Waals surface area (Å²) in [5.41, 5.74) is 0.473. The number of anilines is 1. The van der Waals surface area contributed by atoms with Crippen LogP contribution in [0.15, 0.2) is 41.1 Å². The molecule has 0 aromatic carbocycles. The number of furan rings is 1. The van der Waals surface area contributed by atoms with Crippen LogP contribution < -0.4 is 20.7 Å². The Kier molecular flexibility index (Phi) is 5.89. The van der Waals surface area contributed by atoms with E-state index >= 15 is 0 Å². The Labute approximate surface area is 137 Å². The minimum atomic E-state index is -0.510. The largest absolute Gasteiger partial charge is 0.481 e. The fourth-order valence-corrected chi connectivity index (χ4v) is 1.68. The van der Waals surface area contributed by atoms with Gasteiger partial charge in [-0.2, -0.15) is 0 Å². The number of nitrogens with one attached hydrogen (secondary N) is 3. The molecule has 0 fully saturated rings. The van der Waals surface area contributed by atoms with Crippen molar-refractivity contribution in [1.29, 1.82) is 0 Å². The van der Waals surface area contributed by atoms with Crippen LogP contribution in [-0.4, -0.2) is 42.9 Å². The van der Waals surface area contributed by atoms with Crippen molar-refractivity contribution in [3.05, 3.63) is 42.5 Å². The van der Waals surface area contributed by atoms with Gasteiger partial charge in [-0.1, -0.05) is 0 Å². The van der Waals surface area contributed by atoms with Crippen molar-refractivity contribution in [2.45, 2.75) is 0 Å². The highest BCUT2D eigenvalue weighted by Crippen LogP contribution is 2.10. The number of nitrogens with zero attached hydrogens (tertiary/aromatic N) is 1. The molecule has 2 aromatic heterocycles. The predicted octanol–water partition coefficient (Wildman–Crippen LogP) is 0.168. The monoisotopic (exact) mass is 332 g/mol. The second-order valence-corrected chi connectivity index (χ2v) is 4.57. The molecule has 126 valence electrons. The molecule has 3 N–H and O–H groups in total. The van der Waals surface area contributed by atoms with Gasteiger partial charge in [-0.25, -0.2) is 4.98 Å². The molecule has 0 saturated heterocycles. The molecule has 2 heterocycles. The third kappa shape index (κ3) is 5.13. The van der Waals surface area contributed by atoms with E-state index in [0.29, 0.717) is 11.6 Å². The van der Waals surface area contributed by atoms with Gasteiger partial charge in [0.15, 0.2) is 5.76 Å². The second-order valence-electron chi connectivity index (χ2n) is 4.57. The van der Waals surface area contributed by atoms with Crippen LogP contribution in [0, 0.1) is 0 Å². The molecule has 2 aromatic rings. The molecule has 24 heavy (non-hydrogen) atoms. The first-order valence-electron chi connectivity index (χ1n) is 6.97. The number of rotatable bonds is 7. The maximum atomic E-state index is 11.7. The normalized spacial score (nSPS) is 9.88. The second kappa shape index (κ2) is 8.32. The summed E-state index contributed by atoms with van der Waals surface area (Å²) in [7, 11) is 1.49. The van der Waals surface area contributed by atoms with Gasteiger partial charge in [0.2, 0.25) is 17.7 Å². The zero-order valence-corrected chi connectivity index (χ0v) is 12.9. The van der Waals surface area contributed by atoms with Crippen LogP contribution in [0.3, 0.4) is 0 Å². The van der Waals surface area contributed by atoms with E-state index in [0.717, 1.165) is 0 Å². The Morgan fingerprint density at radius 2 is 1.92 bits per heavy atom. The van der Waals surface area contributed by atoms with Crippen molar-refractivity contribution in [2.75, 3.05) is 25.5 Å². The smallest absolute Gasteiger partial charge is 0.287 e. The number of pyridine rings is 1. The zero-order chi connectivity index (χ0) is 17.4. The molecule has 0 saturated carbocycles. The SMILES string of the molecule is COc1ccc(NC(=O)CNC(=O)CNC(=O)c2ccco2)cn1. The summed E-state index contributed by atoms with van der Waals surface area (Å²) < 4.78 is 9.79. The highest BCUT2D eigenvalue weighted by Gasteiger charge is 2.11. The molecule has 0 atom stereocenters. The molecule has 9 heteroatoms. The standard InChI is InChI=1S/C15H16N4O5/c1-23-14-5-4-10(7-17-14)19-13(21)9-16-12(20)8-18-15(22)11-3-2-6-24-11/h2-7H,8-9H2,1H3,(H,16,20)(H,18,22)(H,19,21). The molecule has 0 aliphatic heterocycles. The summed E-state index contributed by atoms with van der Waals surface area (Å²) in [6.45, 7) is -0.502. The van der Waals surface area contributed by atoms with Crippen molar-refractivity contribution < 1.29 is 23.5 Å². The van der Waals surface area contributed by atoms with Gasteiger partial charge in [0, 0.05) is 6.07 Å². The van der Waals surface area contributed by atoms with E-state index in [9.17, 15) is 14.4 Å². The Morgan fingerprint density at radius 3 is 2.54 bits per heavy atom. The molecule has 0 unspecified atom stereocenters. The van der Waals surface area contributed by atoms with Crippen molar-refractivity contribution in [3.8, 4) is 5.88 Å². The van der Waals surface area contributed by atoms with E-state index in [2.05, 4.69) is 20.9 Å². The lowest BCUT2D eigenvalue weighted by Gasteiger charge is -2.07. The van der Waals surface area contributed by atoms with Gasteiger partial charge >= 0.3 is 0 Å². The predicted molar refractivity (Wildman–Crippen MR) is 83.5 cm³/mol. The average Bonchev–Trinajstić information content (AvgIpc) is 3.13. The van der Waals surface area contributed by atoms with Crippen LogP contribution in [0.4, 0.5) is 5.69 Å². The van der Waals surface area contributed by atoms with Gasteiger partial charge in [0.1, 0.15) is 0 Å². The maximum Gasteiger partial charge on any atom is 0.287 e. The zero-order valence-electron chi connectivity index (χ0n) is 12.9. The van der Waals surface area contributed by atoms with Crippen molar-refractivity contribution in [1.82, 2.24) is 15.6 Å². The number of hydrogen-bond donors (Lipinski definition) is 3. The number of carbonyl (C=O) groups is 3. The van der Waals surface area contributed by atoms with Crippen LogP contribution in [-0.2, 0) is 9.59 Å². The molecule has 2 rings (SSSR count). The lowest BCUT2D eigenvalue weighted by molar-refractivity contribution is -0.123. The molecule has 0 aliphatic carbocycles. The van der Waals surface area contributed by atoms with Crippen LogP contribution >= 0.6 is 0 Å². The van der Waals surface area contributed by atoms with Crippen molar-refractivity contribution >= 4 is 23.4 Å². The van der Waals surface area contributed by atoms with Crippen LogP contribution in [0.2, 0.25) is 0 Å². The van der Waals surface area contributed by atoms with E-state index in [1.54, 1.807) is 18.2 Å². The van der Waals surface area contributed by atoms with E-state index in [-0.39, 0.29) is 18.8 Å². The molecule has 3 amide bonds. The summed E-state index contributed by atoms with van der Waals surface area (Å²) in [5, 5.41) is 7.32. The number of aromatic nitrogens is 1. The first-order chi connectivity index (χ1) is 11.6. The maximum absolute atomic E-state index is 11.7. The molecular weight excluding hydrogens is 316 g/mol. The third-order valence-electron chi connectivity index (χ3n) is 2.83. The van der Waals surface area contributed by atoms with E-state index in [1.807, 2.05) is 0 Å². The minimum absolute atomic E-state index is 0.104. The number of carbonyl (C=O) groups excluding carboxylic acids is 3. The number of methoxy groups -OCH3 is 1. The van der Waals surface area contributed by atoms with Crippen LogP contribution in [0.25, 0.3) is 0 Å². The molecular formula is C15H16N4O5. The highest BCUT2D eigenvalue weighted by atomic mass is 16.5. The Bertz CT molecular complexity index is 697. The minimum Gasteiger partial charge on any atom is -0.481 e. The summed E-state index contributed by atoms with van der Waals surface area (Å²) in [6.07, 6.45) is 2.79. The molecule has 0 spiro atoms. The number of ether oxygens (including phenoxy) is 1. The summed E-state index contributed by atoms with van der Waals surface area (Å²) in [4.78, 5) is 38.8. The van der Waals surface area contributed by atoms with Gasteiger partial charge in [-0.3, -0.25) is 14.4 Å². The number of amides is 3. The highest BCUT2D eigenvalue weighted by molar-refractivity contribution is 5.96. The van der Waals surface area contributed by atoms with Gasteiger partial charge < -0.3 is 25.1 Å². The molecule has 0 radical (unpaired) electrons. The fraction of sp³-hybridized carbons (Fsp3) is 0.200. The van der Waals surface area contributed by atoms with E-state index < -0.39 is 17.7 Å². The van der Waals surface area contributed by atoms with Crippen LogP contribution in [0.1, 0.15) is 10.6 Å². The summed E-state index contributed by atoms with van der Waals surface area (Å²) >= 11 is 0. The van der Waals surface area contributed by atoms with Gasteiger partial charge in [0.05, 0.1) is 38.3 Å². The molecule has 9 nitrogen and oxygen atoms in total.